The quantitative estimate of drug-likeness (QED) is 0.491. The van der Waals surface area contributed by atoms with Crippen LogP contribution in [0.5, 0.6) is 5.75 Å². The molecule has 0 spiro atoms. The number of piperidine rings is 1. The molecule has 0 amide bonds. The van der Waals surface area contributed by atoms with Gasteiger partial charge in [-0.1, -0.05) is 31.2 Å². The lowest BCUT2D eigenvalue weighted by atomic mass is 9.89. The maximum Gasteiger partial charge on any atom is 0.420 e. The number of carbonyl (C=O) groups is 1. The van der Waals surface area contributed by atoms with Crippen LogP contribution in [0.3, 0.4) is 0 Å². The van der Waals surface area contributed by atoms with Gasteiger partial charge in [-0.25, -0.2) is 0 Å². The van der Waals surface area contributed by atoms with E-state index in [0.717, 1.165) is 57.1 Å². The fourth-order valence-electron chi connectivity index (χ4n) is 6.53. The predicted molar refractivity (Wildman–Crippen MR) is 129 cm³/mol. The first-order chi connectivity index (χ1) is 16.7. The van der Waals surface area contributed by atoms with Crippen molar-refractivity contribution in [3.05, 3.63) is 41.5 Å². The van der Waals surface area contributed by atoms with Crippen LogP contribution in [0.25, 0.3) is 10.8 Å². The van der Waals surface area contributed by atoms with E-state index in [9.17, 15) is 23.1 Å². The monoisotopic (exact) mass is 489 g/mol. The number of benzene rings is 2. The van der Waals surface area contributed by atoms with Gasteiger partial charge in [0.2, 0.25) is 0 Å². The van der Waals surface area contributed by atoms with Gasteiger partial charge in [-0.15, -0.1) is 0 Å². The van der Waals surface area contributed by atoms with Crippen LogP contribution < -0.4 is 4.74 Å². The number of hydrogen-bond acceptors (Lipinski definition) is 3. The number of carboxylic acid groups (broad SMARTS) is 1. The number of halogens is 3. The number of nitrogens with zero attached hydrogens (tertiary/aromatic N) is 1. The number of hydrogen-bond donors (Lipinski definition) is 1. The van der Waals surface area contributed by atoms with Crippen molar-refractivity contribution in [3.8, 4) is 5.75 Å². The van der Waals surface area contributed by atoms with Crippen molar-refractivity contribution in [2.24, 2.45) is 11.8 Å². The summed E-state index contributed by atoms with van der Waals surface area (Å²) in [4.78, 5) is 13.8. The van der Waals surface area contributed by atoms with Crippen molar-refractivity contribution in [2.45, 2.75) is 89.1 Å². The van der Waals surface area contributed by atoms with Crippen LogP contribution in [0.15, 0.2) is 30.3 Å². The first kappa shape index (κ1) is 24.4. The van der Waals surface area contributed by atoms with E-state index in [1.165, 1.54) is 6.07 Å². The van der Waals surface area contributed by atoms with E-state index >= 15 is 0 Å². The van der Waals surface area contributed by atoms with Crippen LogP contribution in [-0.2, 0) is 17.4 Å². The second-order valence-corrected chi connectivity index (χ2v) is 10.9. The van der Waals surface area contributed by atoms with E-state index in [1.54, 1.807) is 18.2 Å². The Hall–Kier alpha value is -2.28. The lowest BCUT2D eigenvalue weighted by molar-refractivity contribution is -0.144. The van der Waals surface area contributed by atoms with Gasteiger partial charge < -0.3 is 9.84 Å². The fraction of sp³-hybridized carbons (Fsp3) is 0.607. The summed E-state index contributed by atoms with van der Waals surface area (Å²) < 4.78 is 48.3. The van der Waals surface area contributed by atoms with E-state index in [4.69, 9.17) is 4.74 Å². The standard InChI is InChI=1S/C28H34F3NO3/c1-17-2-8-23(9-3-17)35-25-11-5-19-14-18(4-10-24(19)26(25)28(29,30)31)12-13-32-21-6-7-22(32)16-20(15-21)27(33)34/h4-5,10-11,14,17,20-23H,2-3,6-9,12-13,15-16H2,1H3,(H,33,34)/t17-,20?,21?,22?,23+. The average Bonchev–Trinajstić information content (AvgIpc) is 3.04. The Morgan fingerprint density at radius 1 is 1.03 bits per heavy atom. The van der Waals surface area contributed by atoms with E-state index in [-0.39, 0.29) is 23.2 Å². The third-order valence-corrected chi connectivity index (χ3v) is 8.48. The van der Waals surface area contributed by atoms with Gasteiger partial charge in [-0.05, 0) is 86.1 Å². The molecule has 2 unspecified atom stereocenters. The summed E-state index contributed by atoms with van der Waals surface area (Å²) in [7, 11) is 0. The molecule has 2 aliphatic heterocycles. The fourth-order valence-corrected chi connectivity index (χ4v) is 6.53. The zero-order valence-corrected chi connectivity index (χ0v) is 20.2. The van der Waals surface area contributed by atoms with Gasteiger partial charge in [0.1, 0.15) is 11.3 Å². The largest absolute Gasteiger partial charge is 0.490 e. The molecule has 2 bridgehead atoms. The van der Waals surface area contributed by atoms with Gasteiger partial charge in [0.15, 0.2) is 0 Å². The number of rotatable bonds is 6. The molecule has 2 atom stereocenters. The maximum atomic E-state index is 14.1. The smallest absolute Gasteiger partial charge is 0.420 e. The number of alkyl halides is 3. The molecule has 3 aliphatic rings. The van der Waals surface area contributed by atoms with Gasteiger partial charge in [0.05, 0.1) is 12.0 Å². The van der Waals surface area contributed by atoms with Gasteiger partial charge in [0.25, 0.3) is 0 Å². The van der Waals surface area contributed by atoms with E-state index in [2.05, 4.69) is 11.8 Å². The van der Waals surface area contributed by atoms with Crippen molar-refractivity contribution < 1.29 is 27.8 Å². The number of carboxylic acids is 1. The first-order valence-electron chi connectivity index (χ1n) is 13.0. The molecule has 35 heavy (non-hydrogen) atoms. The Morgan fingerprint density at radius 2 is 1.71 bits per heavy atom. The molecule has 1 aliphatic carbocycles. The highest BCUT2D eigenvalue weighted by Gasteiger charge is 2.42. The van der Waals surface area contributed by atoms with E-state index < -0.39 is 17.7 Å². The third-order valence-electron chi connectivity index (χ3n) is 8.48. The third kappa shape index (κ3) is 5.16. The molecule has 4 nitrogen and oxygen atoms in total. The van der Waals surface area contributed by atoms with Crippen LogP contribution >= 0.6 is 0 Å². The molecular formula is C28H34F3NO3. The van der Waals surface area contributed by atoms with Crippen molar-refractivity contribution in [1.29, 1.82) is 0 Å². The zero-order valence-electron chi connectivity index (χ0n) is 20.2. The summed E-state index contributed by atoms with van der Waals surface area (Å²) in [6.45, 7) is 2.98. The molecule has 2 heterocycles. The van der Waals surface area contributed by atoms with Crippen molar-refractivity contribution in [3.63, 3.8) is 0 Å². The topological polar surface area (TPSA) is 49.8 Å². The van der Waals surface area contributed by atoms with Crippen molar-refractivity contribution in [2.75, 3.05) is 6.54 Å². The Bertz CT molecular complexity index is 1060. The highest BCUT2D eigenvalue weighted by Crippen LogP contribution is 2.43. The highest BCUT2D eigenvalue weighted by molar-refractivity contribution is 5.89. The SMILES string of the molecule is C[C@H]1CC[C@@H](Oc2ccc3cc(CCN4C5CCC4CC(C(=O)O)C5)ccc3c2C(F)(F)F)CC1. The normalized spacial score (nSPS) is 29.4. The number of aliphatic carboxylic acids is 1. The average molecular weight is 490 g/mol. The van der Waals surface area contributed by atoms with Crippen LogP contribution in [-0.4, -0.2) is 40.7 Å². The van der Waals surface area contributed by atoms with Crippen LogP contribution in [0, 0.1) is 11.8 Å². The maximum absolute atomic E-state index is 14.1. The summed E-state index contributed by atoms with van der Waals surface area (Å²) in [5.41, 5.74) is 0.328. The van der Waals surface area contributed by atoms with E-state index in [0.29, 0.717) is 36.2 Å². The van der Waals surface area contributed by atoms with Gasteiger partial charge in [0, 0.05) is 18.6 Å². The van der Waals surface area contributed by atoms with Crippen molar-refractivity contribution in [1.82, 2.24) is 4.90 Å². The molecule has 5 rings (SSSR count). The zero-order chi connectivity index (χ0) is 24.7. The van der Waals surface area contributed by atoms with Gasteiger partial charge in [-0.2, -0.15) is 13.2 Å². The number of fused-ring (bicyclic) bond motifs is 3. The van der Waals surface area contributed by atoms with Gasteiger partial charge in [-0.3, -0.25) is 9.69 Å². The Balaban J connectivity index is 1.32. The predicted octanol–water partition coefficient (Wildman–Crippen LogP) is 6.69. The van der Waals surface area contributed by atoms with Gasteiger partial charge >= 0.3 is 12.1 Å². The van der Waals surface area contributed by atoms with Crippen molar-refractivity contribution >= 4 is 16.7 Å². The Kier molecular flexibility index (Phi) is 6.73. The van der Waals surface area contributed by atoms with Crippen LogP contribution in [0.4, 0.5) is 13.2 Å². The molecule has 1 N–H and O–H groups in total. The molecule has 7 heteroatoms. The first-order valence-corrected chi connectivity index (χ1v) is 13.0. The molecule has 3 fully saturated rings. The second kappa shape index (κ2) is 9.64. The summed E-state index contributed by atoms with van der Waals surface area (Å²) in [6.07, 6.45) is 3.09. The lowest BCUT2D eigenvalue weighted by Crippen LogP contribution is -2.45. The number of ether oxygens (including phenoxy) is 1. The van der Waals surface area contributed by atoms with Crippen LogP contribution in [0.1, 0.15) is 69.4 Å². The van der Waals surface area contributed by atoms with Crippen LogP contribution in [0.2, 0.25) is 0 Å². The Labute approximate surface area is 204 Å². The molecule has 2 aromatic rings. The minimum atomic E-state index is -4.49. The molecule has 0 radical (unpaired) electrons. The molecule has 1 saturated carbocycles. The summed E-state index contributed by atoms with van der Waals surface area (Å²) >= 11 is 0. The molecule has 190 valence electrons. The second-order valence-electron chi connectivity index (χ2n) is 10.9. The summed E-state index contributed by atoms with van der Waals surface area (Å²) in [5.74, 6) is -0.405. The molecule has 2 saturated heterocycles. The summed E-state index contributed by atoms with van der Waals surface area (Å²) in [5, 5.41) is 10.2. The van der Waals surface area contributed by atoms with E-state index in [1.807, 2.05) is 6.07 Å². The molecular weight excluding hydrogens is 455 g/mol. The molecule has 2 aromatic carbocycles. The highest BCUT2D eigenvalue weighted by atomic mass is 19.4. The minimum absolute atomic E-state index is 0.0600. The summed E-state index contributed by atoms with van der Waals surface area (Å²) in [6, 6.07) is 9.09. The lowest BCUT2D eigenvalue weighted by Gasteiger charge is -2.37. The minimum Gasteiger partial charge on any atom is -0.490 e. The Morgan fingerprint density at radius 3 is 2.34 bits per heavy atom. The molecule has 0 aromatic heterocycles.